The number of amides is 2. The Morgan fingerprint density at radius 2 is 1.93 bits per heavy atom. The van der Waals surface area contributed by atoms with E-state index in [9.17, 15) is 9.59 Å². The van der Waals surface area contributed by atoms with E-state index in [-0.39, 0.29) is 18.0 Å². The molecule has 30 heavy (non-hydrogen) atoms. The van der Waals surface area contributed by atoms with Crippen molar-refractivity contribution < 1.29 is 14.3 Å². The molecule has 2 aliphatic rings. The van der Waals surface area contributed by atoms with Crippen molar-refractivity contribution in [3.63, 3.8) is 0 Å². The Hall–Kier alpha value is -2.77. The van der Waals surface area contributed by atoms with Crippen LogP contribution in [0.3, 0.4) is 0 Å². The number of carbonyl (C=O) groups is 2. The Bertz CT molecular complexity index is 779. The fraction of sp³-hybridized carbons (Fsp3) is 0.591. The van der Waals surface area contributed by atoms with E-state index in [2.05, 4.69) is 15.6 Å². The molecule has 8 nitrogen and oxygen atoms in total. The third-order valence-corrected chi connectivity index (χ3v) is 4.96. The number of rotatable bonds is 5. The smallest absolute Gasteiger partial charge is 0.410 e. The Balaban J connectivity index is 1.50. The minimum atomic E-state index is -0.483. The van der Waals surface area contributed by atoms with Crippen molar-refractivity contribution in [1.82, 2.24) is 15.5 Å². The third kappa shape index (κ3) is 5.87. The van der Waals surface area contributed by atoms with Crippen LogP contribution in [0.5, 0.6) is 0 Å². The minimum absolute atomic E-state index is 0.152. The fourth-order valence-electron chi connectivity index (χ4n) is 3.43. The number of nitrogens with one attached hydrogen (secondary N) is 2. The third-order valence-electron chi connectivity index (χ3n) is 4.96. The fourth-order valence-corrected chi connectivity index (χ4v) is 3.43. The van der Waals surface area contributed by atoms with Crippen LogP contribution in [0.15, 0.2) is 29.3 Å². The molecule has 0 radical (unpaired) electrons. The van der Waals surface area contributed by atoms with Crippen LogP contribution < -0.4 is 15.5 Å². The molecule has 0 unspecified atom stereocenters. The maximum absolute atomic E-state index is 12.1. The van der Waals surface area contributed by atoms with E-state index in [4.69, 9.17) is 4.74 Å². The van der Waals surface area contributed by atoms with Crippen LogP contribution in [0.2, 0.25) is 0 Å². The first-order valence-electron chi connectivity index (χ1n) is 10.7. The number of benzene rings is 1. The van der Waals surface area contributed by atoms with Gasteiger partial charge in [-0.2, -0.15) is 0 Å². The Labute approximate surface area is 178 Å². The lowest BCUT2D eigenvalue weighted by Gasteiger charge is -2.40. The van der Waals surface area contributed by atoms with Gasteiger partial charge in [0.2, 0.25) is 5.91 Å². The molecular weight excluding hydrogens is 382 g/mol. The molecule has 0 spiro atoms. The maximum Gasteiger partial charge on any atom is 0.410 e. The highest BCUT2D eigenvalue weighted by molar-refractivity contribution is 5.95. The number of likely N-dealkylation sites (tertiary alicyclic amines) is 1. The molecule has 2 saturated heterocycles. The number of aliphatic imine (C=N–C) groups is 1. The minimum Gasteiger partial charge on any atom is -0.444 e. The SMILES string of the molecule is CCNC(=NCc1ccc(N2CCCC2=O)cc1)NC1CN(C(=O)OC(C)(C)C)C1. The number of nitrogens with zero attached hydrogens (tertiary/aromatic N) is 3. The van der Waals surface area contributed by atoms with Gasteiger partial charge >= 0.3 is 6.09 Å². The molecule has 2 amide bonds. The van der Waals surface area contributed by atoms with Crippen LogP contribution >= 0.6 is 0 Å². The zero-order valence-corrected chi connectivity index (χ0v) is 18.4. The van der Waals surface area contributed by atoms with Gasteiger partial charge in [0, 0.05) is 38.3 Å². The summed E-state index contributed by atoms with van der Waals surface area (Å²) < 4.78 is 5.39. The van der Waals surface area contributed by atoms with Gasteiger partial charge in [-0.3, -0.25) is 4.79 Å². The van der Waals surface area contributed by atoms with Crippen LogP contribution in [0, 0.1) is 0 Å². The van der Waals surface area contributed by atoms with Crippen molar-refractivity contribution in [2.45, 2.75) is 58.7 Å². The van der Waals surface area contributed by atoms with Crippen LogP contribution in [0.4, 0.5) is 10.5 Å². The number of guanidine groups is 1. The van der Waals surface area contributed by atoms with E-state index in [1.54, 1.807) is 4.90 Å². The van der Waals surface area contributed by atoms with Gasteiger partial charge in [0.05, 0.1) is 12.6 Å². The van der Waals surface area contributed by atoms with E-state index >= 15 is 0 Å². The lowest BCUT2D eigenvalue weighted by atomic mass is 10.1. The van der Waals surface area contributed by atoms with Crippen molar-refractivity contribution >= 4 is 23.6 Å². The first-order chi connectivity index (χ1) is 14.2. The average Bonchev–Trinajstić information content (AvgIpc) is 3.07. The quantitative estimate of drug-likeness (QED) is 0.570. The lowest BCUT2D eigenvalue weighted by molar-refractivity contribution is -0.117. The van der Waals surface area contributed by atoms with Gasteiger partial charge in [0.25, 0.3) is 0 Å². The highest BCUT2D eigenvalue weighted by Gasteiger charge is 2.34. The molecule has 164 valence electrons. The van der Waals surface area contributed by atoms with Gasteiger partial charge in [-0.1, -0.05) is 12.1 Å². The molecule has 2 aliphatic heterocycles. The zero-order chi connectivity index (χ0) is 21.7. The number of carbonyl (C=O) groups excluding carboxylic acids is 2. The van der Waals surface area contributed by atoms with E-state index in [0.717, 1.165) is 36.7 Å². The molecule has 0 saturated carbocycles. The molecule has 1 aromatic carbocycles. The van der Waals surface area contributed by atoms with Gasteiger partial charge in [0.15, 0.2) is 5.96 Å². The molecule has 0 aliphatic carbocycles. The summed E-state index contributed by atoms with van der Waals surface area (Å²) in [4.78, 5) is 32.1. The zero-order valence-electron chi connectivity index (χ0n) is 18.4. The number of ether oxygens (including phenoxy) is 1. The Morgan fingerprint density at radius 3 is 2.50 bits per heavy atom. The van der Waals surface area contributed by atoms with Gasteiger partial charge in [-0.25, -0.2) is 9.79 Å². The number of hydrogen-bond donors (Lipinski definition) is 2. The topological polar surface area (TPSA) is 86.3 Å². The molecule has 3 rings (SSSR count). The summed E-state index contributed by atoms with van der Waals surface area (Å²) in [5, 5.41) is 6.62. The molecule has 8 heteroatoms. The molecule has 1 aromatic rings. The molecule has 2 N–H and O–H groups in total. The van der Waals surface area contributed by atoms with Gasteiger partial charge < -0.3 is 25.2 Å². The van der Waals surface area contributed by atoms with Crippen molar-refractivity contribution in [2.24, 2.45) is 4.99 Å². The van der Waals surface area contributed by atoms with E-state index in [1.165, 1.54) is 0 Å². The highest BCUT2D eigenvalue weighted by atomic mass is 16.6. The summed E-state index contributed by atoms with van der Waals surface area (Å²) in [7, 11) is 0. The van der Waals surface area contributed by atoms with E-state index in [1.807, 2.05) is 56.9 Å². The molecule has 0 aromatic heterocycles. The predicted octanol–water partition coefficient (Wildman–Crippen LogP) is 2.49. The van der Waals surface area contributed by atoms with Gasteiger partial charge in [-0.05, 0) is 51.8 Å². The van der Waals surface area contributed by atoms with Gasteiger partial charge in [0.1, 0.15) is 5.60 Å². The summed E-state index contributed by atoms with van der Waals surface area (Å²) >= 11 is 0. The normalized spacial score (nSPS) is 17.7. The molecule has 0 bridgehead atoms. The lowest BCUT2D eigenvalue weighted by Crippen LogP contribution is -2.63. The molecular formula is C22H33N5O3. The van der Waals surface area contributed by atoms with Crippen molar-refractivity contribution in [2.75, 3.05) is 31.1 Å². The second-order valence-electron chi connectivity index (χ2n) is 8.74. The van der Waals surface area contributed by atoms with Crippen molar-refractivity contribution in [3.05, 3.63) is 29.8 Å². The summed E-state index contributed by atoms with van der Waals surface area (Å²) in [5.41, 5.74) is 1.54. The standard InChI is InChI=1S/C22H33N5O3/c1-5-23-20(25-17-14-26(15-17)21(29)30-22(2,3)4)24-13-16-8-10-18(11-9-16)27-12-6-7-19(27)28/h8-11,17H,5-7,12-15H2,1-4H3,(H2,23,24,25). The van der Waals surface area contributed by atoms with Crippen LogP contribution in [-0.4, -0.2) is 60.7 Å². The second-order valence-corrected chi connectivity index (χ2v) is 8.74. The molecule has 2 heterocycles. The Kier molecular flexibility index (Phi) is 6.84. The predicted molar refractivity (Wildman–Crippen MR) is 118 cm³/mol. The van der Waals surface area contributed by atoms with Crippen molar-refractivity contribution in [3.8, 4) is 0 Å². The molecule has 2 fully saturated rings. The van der Waals surface area contributed by atoms with Crippen LogP contribution in [0.25, 0.3) is 0 Å². The van der Waals surface area contributed by atoms with Gasteiger partial charge in [-0.15, -0.1) is 0 Å². The van der Waals surface area contributed by atoms with Crippen LogP contribution in [-0.2, 0) is 16.1 Å². The van der Waals surface area contributed by atoms with E-state index in [0.29, 0.717) is 26.1 Å². The summed E-state index contributed by atoms with van der Waals surface area (Å²) in [6.45, 7) is 10.9. The largest absolute Gasteiger partial charge is 0.444 e. The average molecular weight is 416 g/mol. The van der Waals surface area contributed by atoms with Crippen molar-refractivity contribution in [1.29, 1.82) is 0 Å². The Morgan fingerprint density at radius 1 is 1.23 bits per heavy atom. The summed E-state index contributed by atoms with van der Waals surface area (Å²) in [6, 6.07) is 8.15. The number of hydrogen-bond acceptors (Lipinski definition) is 4. The highest BCUT2D eigenvalue weighted by Crippen LogP contribution is 2.22. The first kappa shape index (κ1) is 21.9. The first-order valence-corrected chi connectivity index (χ1v) is 10.7. The maximum atomic E-state index is 12.1. The monoisotopic (exact) mass is 415 g/mol. The van der Waals surface area contributed by atoms with E-state index < -0.39 is 5.60 Å². The second kappa shape index (κ2) is 9.36. The van der Waals surface area contributed by atoms with Crippen LogP contribution in [0.1, 0.15) is 46.1 Å². The summed E-state index contributed by atoms with van der Waals surface area (Å²) in [6.07, 6.45) is 1.28. The summed E-state index contributed by atoms with van der Waals surface area (Å²) in [5.74, 6) is 0.922. The number of anilines is 1. The molecule has 0 atom stereocenters.